The molecule has 16 heavy (non-hydrogen) atoms. The SMILES string of the molecule is COC(=O)C(CNC1CC1)C1CCSCC1. The number of carbonyl (C=O) groups excluding carboxylic acids is 1. The summed E-state index contributed by atoms with van der Waals surface area (Å²) in [5.74, 6) is 2.97. The highest BCUT2D eigenvalue weighted by Crippen LogP contribution is 2.30. The van der Waals surface area contributed by atoms with E-state index in [0.29, 0.717) is 12.0 Å². The number of carbonyl (C=O) groups is 1. The van der Waals surface area contributed by atoms with E-state index in [1.54, 1.807) is 0 Å². The molecule has 1 N–H and O–H groups in total. The van der Waals surface area contributed by atoms with Gasteiger partial charge in [0.15, 0.2) is 0 Å². The van der Waals surface area contributed by atoms with Crippen molar-refractivity contribution < 1.29 is 9.53 Å². The van der Waals surface area contributed by atoms with Crippen LogP contribution in [0.3, 0.4) is 0 Å². The molecule has 0 amide bonds. The molecule has 4 heteroatoms. The van der Waals surface area contributed by atoms with Crippen LogP contribution in [0.1, 0.15) is 25.7 Å². The molecular weight excluding hydrogens is 222 g/mol. The second-order valence-corrected chi connectivity index (χ2v) is 5.99. The number of hydrogen-bond acceptors (Lipinski definition) is 4. The van der Waals surface area contributed by atoms with Crippen molar-refractivity contribution in [3.05, 3.63) is 0 Å². The van der Waals surface area contributed by atoms with Crippen molar-refractivity contribution in [2.45, 2.75) is 31.7 Å². The molecule has 0 bridgehead atoms. The Balaban J connectivity index is 1.85. The van der Waals surface area contributed by atoms with E-state index in [4.69, 9.17) is 4.74 Å². The molecule has 1 saturated heterocycles. The van der Waals surface area contributed by atoms with E-state index in [1.165, 1.54) is 31.5 Å². The highest BCUT2D eigenvalue weighted by atomic mass is 32.2. The second kappa shape index (κ2) is 5.92. The standard InChI is InChI=1S/C12H21NO2S/c1-15-12(14)11(8-13-10-2-3-10)9-4-6-16-7-5-9/h9-11,13H,2-8H2,1H3. The van der Waals surface area contributed by atoms with Gasteiger partial charge in [-0.1, -0.05) is 0 Å². The fraction of sp³-hybridized carbons (Fsp3) is 0.917. The molecule has 0 aromatic carbocycles. The van der Waals surface area contributed by atoms with E-state index in [9.17, 15) is 4.79 Å². The molecule has 3 nitrogen and oxygen atoms in total. The summed E-state index contributed by atoms with van der Waals surface area (Å²) in [5.41, 5.74) is 0. The van der Waals surface area contributed by atoms with Gasteiger partial charge in [0.05, 0.1) is 13.0 Å². The summed E-state index contributed by atoms with van der Waals surface area (Å²) in [7, 11) is 1.50. The minimum absolute atomic E-state index is 0.0231. The molecule has 0 spiro atoms. The average Bonchev–Trinajstić information content (AvgIpc) is 3.14. The van der Waals surface area contributed by atoms with Gasteiger partial charge in [-0.3, -0.25) is 4.79 Å². The third-order valence-corrected chi connectivity index (χ3v) is 4.59. The Morgan fingerprint density at radius 2 is 2.06 bits per heavy atom. The topological polar surface area (TPSA) is 38.3 Å². The molecule has 2 aliphatic rings. The summed E-state index contributed by atoms with van der Waals surface area (Å²) in [6.07, 6.45) is 4.87. The molecule has 0 aromatic heterocycles. The van der Waals surface area contributed by atoms with Crippen molar-refractivity contribution >= 4 is 17.7 Å². The molecule has 1 aliphatic carbocycles. The van der Waals surface area contributed by atoms with Crippen LogP contribution in [0.25, 0.3) is 0 Å². The Bertz CT molecular complexity index is 237. The van der Waals surface area contributed by atoms with Gasteiger partial charge in [0.1, 0.15) is 0 Å². The minimum atomic E-state index is -0.0231. The molecule has 92 valence electrons. The Morgan fingerprint density at radius 3 is 2.62 bits per heavy atom. The van der Waals surface area contributed by atoms with Crippen LogP contribution in [0, 0.1) is 11.8 Å². The predicted octanol–water partition coefficient (Wildman–Crippen LogP) is 1.67. The Morgan fingerprint density at radius 1 is 1.38 bits per heavy atom. The lowest BCUT2D eigenvalue weighted by Crippen LogP contribution is -2.37. The van der Waals surface area contributed by atoms with Crippen molar-refractivity contribution in [1.82, 2.24) is 5.32 Å². The van der Waals surface area contributed by atoms with Crippen LogP contribution in [-0.4, -0.2) is 37.2 Å². The molecule has 2 fully saturated rings. The lowest BCUT2D eigenvalue weighted by Gasteiger charge is -2.28. The number of nitrogens with one attached hydrogen (secondary N) is 1. The van der Waals surface area contributed by atoms with Gasteiger partial charge in [0, 0.05) is 12.6 Å². The first-order valence-electron chi connectivity index (χ1n) is 6.20. The maximum atomic E-state index is 11.8. The van der Waals surface area contributed by atoms with Crippen LogP contribution in [-0.2, 0) is 9.53 Å². The van der Waals surface area contributed by atoms with Crippen molar-refractivity contribution in [1.29, 1.82) is 0 Å². The summed E-state index contributed by atoms with van der Waals surface area (Å²) in [6.45, 7) is 0.812. The van der Waals surface area contributed by atoms with Crippen molar-refractivity contribution in [2.24, 2.45) is 11.8 Å². The average molecular weight is 243 g/mol. The first-order chi connectivity index (χ1) is 7.81. The van der Waals surface area contributed by atoms with Crippen LogP contribution >= 0.6 is 11.8 Å². The highest BCUT2D eigenvalue weighted by molar-refractivity contribution is 7.99. The smallest absolute Gasteiger partial charge is 0.310 e. The van der Waals surface area contributed by atoms with Crippen molar-refractivity contribution in [3.63, 3.8) is 0 Å². The number of esters is 1. The van der Waals surface area contributed by atoms with E-state index in [0.717, 1.165) is 19.4 Å². The first-order valence-corrected chi connectivity index (χ1v) is 7.35. The van der Waals surface area contributed by atoms with Gasteiger partial charge in [-0.25, -0.2) is 0 Å². The molecule has 1 atom stereocenters. The zero-order valence-electron chi connectivity index (χ0n) is 9.91. The Kier molecular flexibility index (Phi) is 4.53. The quantitative estimate of drug-likeness (QED) is 0.746. The molecule has 0 aromatic rings. The number of hydrogen-bond donors (Lipinski definition) is 1. The molecular formula is C12H21NO2S. The summed E-state index contributed by atoms with van der Waals surface area (Å²) in [5, 5.41) is 3.46. The predicted molar refractivity (Wildman–Crippen MR) is 66.6 cm³/mol. The third-order valence-electron chi connectivity index (χ3n) is 3.54. The molecule has 0 radical (unpaired) electrons. The number of methoxy groups -OCH3 is 1. The third kappa shape index (κ3) is 3.39. The van der Waals surface area contributed by atoms with Gasteiger partial charge in [-0.2, -0.15) is 11.8 Å². The Labute approximate surface area is 102 Å². The zero-order chi connectivity index (χ0) is 11.4. The van der Waals surface area contributed by atoms with E-state index in [-0.39, 0.29) is 11.9 Å². The second-order valence-electron chi connectivity index (χ2n) is 4.76. The van der Waals surface area contributed by atoms with E-state index in [2.05, 4.69) is 5.32 Å². The monoisotopic (exact) mass is 243 g/mol. The maximum absolute atomic E-state index is 11.8. The van der Waals surface area contributed by atoms with Gasteiger partial charge < -0.3 is 10.1 Å². The molecule has 1 unspecified atom stereocenters. The summed E-state index contributed by atoms with van der Waals surface area (Å²) in [6, 6.07) is 0.671. The first kappa shape index (κ1) is 12.2. The molecule has 1 heterocycles. The molecule has 1 aliphatic heterocycles. The van der Waals surface area contributed by atoms with E-state index < -0.39 is 0 Å². The van der Waals surface area contributed by atoms with E-state index in [1.807, 2.05) is 11.8 Å². The summed E-state index contributed by atoms with van der Waals surface area (Å²) in [4.78, 5) is 11.8. The zero-order valence-corrected chi connectivity index (χ0v) is 10.7. The lowest BCUT2D eigenvalue weighted by molar-refractivity contribution is -0.147. The fourth-order valence-electron chi connectivity index (χ4n) is 2.29. The van der Waals surface area contributed by atoms with Crippen LogP contribution < -0.4 is 5.32 Å². The van der Waals surface area contributed by atoms with Gasteiger partial charge in [-0.05, 0) is 43.1 Å². The Hall–Kier alpha value is -0.220. The normalized spacial score (nSPS) is 24.1. The highest BCUT2D eigenvalue weighted by Gasteiger charge is 2.32. The van der Waals surface area contributed by atoms with Crippen LogP contribution in [0.15, 0.2) is 0 Å². The van der Waals surface area contributed by atoms with Gasteiger partial charge in [0.25, 0.3) is 0 Å². The van der Waals surface area contributed by atoms with Crippen molar-refractivity contribution in [3.8, 4) is 0 Å². The van der Waals surface area contributed by atoms with Crippen LogP contribution in [0.2, 0.25) is 0 Å². The van der Waals surface area contributed by atoms with Crippen molar-refractivity contribution in [2.75, 3.05) is 25.2 Å². The van der Waals surface area contributed by atoms with Crippen LogP contribution in [0.5, 0.6) is 0 Å². The number of ether oxygens (including phenoxy) is 1. The molecule has 2 rings (SSSR count). The maximum Gasteiger partial charge on any atom is 0.310 e. The largest absolute Gasteiger partial charge is 0.469 e. The van der Waals surface area contributed by atoms with Gasteiger partial charge in [-0.15, -0.1) is 0 Å². The lowest BCUT2D eigenvalue weighted by atomic mass is 9.87. The van der Waals surface area contributed by atoms with Crippen LogP contribution in [0.4, 0.5) is 0 Å². The number of thioether (sulfide) groups is 1. The summed E-state index contributed by atoms with van der Waals surface area (Å²) < 4.78 is 4.93. The van der Waals surface area contributed by atoms with Gasteiger partial charge >= 0.3 is 5.97 Å². The summed E-state index contributed by atoms with van der Waals surface area (Å²) >= 11 is 2.00. The van der Waals surface area contributed by atoms with Gasteiger partial charge in [0.2, 0.25) is 0 Å². The van der Waals surface area contributed by atoms with E-state index >= 15 is 0 Å². The fourth-order valence-corrected chi connectivity index (χ4v) is 3.44. The molecule has 1 saturated carbocycles. The number of rotatable bonds is 5. The minimum Gasteiger partial charge on any atom is -0.469 e.